The van der Waals surface area contributed by atoms with Crippen molar-refractivity contribution >= 4 is 5.97 Å². The Hall–Kier alpha value is -0.570. The monoisotopic (exact) mass is 256 g/mol. The minimum atomic E-state index is -0.870. The SMILES string of the molecule is CCC1CCCC(O)(C(C(=O)OC)C(C)C)CC1. The molecule has 0 aromatic heterocycles. The molecule has 0 radical (unpaired) electrons. The highest BCUT2D eigenvalue weighted by Crippen LogP contribution is 2.39. The Kier molecular flexibility index (Phi) is 5.64. The van der Waals surface area contributed by atoms with E-state index in [9.17, 15) is 9.90 Å². The van der Waals surface area contributed by atoms with Crippen LogP contribution in [0.5, 0.6) is 0 Å². The molecule has 0 aromatic rings. The van der Waals surface area contributed by atoms with Gasteiger partial charge in [0.05, 0.1) is 18.6 Å². The van der Waals surface area contributed by atoms with Crippen molar-refractivity contribution in [2.75, 3.05) is 7.11 Å². The van der Waals surface area contributed by atoms with Gasteiger partial charge in [-0.2, -0.15) is 0 Å². The lowest BCUT2D eigenvalue weighted by Crippen LogP contribution is -2.45. The molecule has 0 aromatic carbocycles. The molecule has 0 amide bonds. The maximum absolute atomic E-state index is 11.9. The zero-order valence-electron chi connectivity index (χ0n) is 12.2. The van der Waals surface area contributed by atoms with Crippen molar-refractivity contribution in [2.24, 2.45) is 17.8 Å². The number of hydrogen-bond acceptors (Lipinski definition) is 3. The number of ether oxygens (including phenoxy) is 1. The van der Waals surface area contributed by atoms with Crippen LogP contribution in [0.15, 0.2) is 0 Å². The average molecular weight is 256 g/mol. The predicted molar refractivity (Wildman–Crippen MR) is 72.2 cm³/mol. The van der Waals surface area contributed by atoms with Gasteiger partial charge >= 0.3 is 5.97 Å². The van der Waals surface area contributed by atoms with Crippen LogP contribution in [0.1, 0.15) is 59.3 Å². The third-order valence-corrected chi connectivity index (χ3v) is 4.49. The highest BCUT2D eigenvalue weighted by Gasteiger charge is 2.44. The number of carbonyl (C=O) groups is 1. The molecule has 1 rings (SSSR count). The lowest BCUT2D eigenvalue weighted by molar-refractivity contribution is -0.160. The number of carbonyl (C=O) groups excluding carboxylic acids is 1. The van der Waals surface area contributed by atoms with Crippen LogP contribution in [0.4, 0.5) is 0 Å². The molecule has 3 heteroatoms. The first kappa shape index (κ1) is 15.5. The Morgan fingerprint density at radius 2 is 2.06 bits per heavy atom. The Labute approximate surface area is 111 Å². The highest BCUT2D eigenvalue weighted by atomic mass is 16.5. The zero-order chi connectivity index (χ0) is 13.8. The van der Waals surface area contributed by atoms with Crippen molar-refractivity contribution in [3.8, 4) is 0 Å². The van der Waals surface area contributed by atoms with Gasteiger partial charge in [-0.25, -0.2) is 0 Å². The van der Waals surface area contributed by atoms with Crippen LogP contribution in [-0.2, 0) is 9.53 Å². The van der Waals surface area contributed by atoms with E-state index in [0.717, 1.165) is 25.7 Å². The fourth-order valence-corrected chi connectivity index (χ4v) is 3.38. The van der Waals surface area contributed by atoms with Crippen molar-refractivity contribution in [2.45, 2.75) is 64.9 Å². The molecule has 3 atom stereocenters. The fraction of sp³-hybridized carbons (Fsp3) is 0.933. The summed E-state index contributed by atoms with van der Waals surface area (Å²) >= 11 is 0. The van der Waals surface area contributed by atoms with E-state index in [4.69, 9.17) is 4.74 Å². The van der Waals surface area contributed by atoms with E-state index in [1.165, 1.54) is 20.0 Å². The molecule has 18 heavy (non-hydrogen) atoms. The molecule has 1 aliphatic carbocycles. The molecule has 1 N–H and O–H groups in total. The second kappa shape index (κ2) is 6.55. The van der Waals surface area contributed by atoms with Crippen LogP contribution in [0, 0.1) is 17.8 Å². The summed E-state index contributed by atoms with van der Waals surface area (Å²) in [5.41, 5.74) is -0.870. The summed E-state index contributed by atoms with van der Waals surface area (Å²) in [6.07, 6.45) is 5.82. The molecular weight excluding hydrogens is 228 g/mol. The number of rotatable bonds is 4. The van der Waals surface area contributed by atoms with Gasteiger partial charge in [0, 0.05) is 0 Å². The lowest BCUT2D eigenvalue weighted by atomic mass is 9.75. The van der Waals surface area contributed by atoms with Gasteiger partial charge in [-0.3, -0.25) is 4.79 Å². The maximum Gasteiger partial charge on any atom is 0.311 e. The average Bonchev–Trinajstić information content (AvgIpc) is 2.51. The summed E-state index contributed by atoms with van der Waals surface area (Å²) in [4.78, 5) is 11.9. The quantitative estimate of drug-likeness (QED) is 0.621. The van der Waals surface area contributed by atoms with Gasteiger partial charge in [0.25, 0.3) is 0 Å². The van der Waals surface area contributed by atoms with E-state index in [1.807, 2.05) is 13.8 Å². The van der Waals surface area contributed by atoms with Crippen LogP contribution in [0.3, 0.4) is 0 Å². The van der Waals surface area contributed by atoms with Gasteiger partial charge in [0.2, 0.25) is 0 Å². The molecule has 1 saturated carbocycles. The molecule has 3 nitrogen and oxygen atoms in total. The number of aliphatic hydroxyl groups is 1. The number of hydrogen-bond donors (Lipinski definition) is 1. The van der Waals surface area contributed by atoms with Crippen LogP contribution in [-0.4, -0.2) is 23.8 Å². The van der Waals surface area contributed by atoms with E-state index in [0.29, 0.717) is 5.92 Å². The van der Waals surface area contributed by atoms with Crippen molar-refractivity contribution in [1.82, 2.24) is 0 Å². The molecule has 3 unspecified atom stereocenters. The standard InChI is InChI=1S/C15H28O3/c1-5-12-7-6-9-15(17,10-8-12)13(11(2)3)14(16)18-4/h11-13,17H,5-10H2,1-4H3. The minimum Gasteiger partial charge on any atom is -0.469 e. The molecule has 106 valence electrons. The summed E-state index contributed by atoms with van der Waals surface area (Å²) in [6, 6.07) is 0. The summed E-state index contributed by atoms with van der Waals surface area (Å²) in [5, 5.41) is 10.9. The zero-order valence-corrected chi connectivity index (χ0v) is 12.2. The van der Waals surface area contributed by atoms with Crippen molar-refractivity contribution in [3.63, 3.8) is 0 Å². The fourth-order valence-electron chi connectivity index (χ4n) is 3.38. The first-order chi connectivity index (χ1) is 8.44. The smallest absolute Gasteiger partial charge is 0.311 e. The van der Waals surface area contributed by atoms with E-state index in [2.05, 4.69) is 6.92 Å². The van der Waals surface area contributed by atoms with E-state index >= 15 is 0 Å². The van der Waals surface area contributed by atoms with Gasteiger partial charge in [-0.05, 0) is 31.1 Å². The van der Waals surface area contributed by atoms with Crippen molar-refractivity contribution < 1.29 is 14.6 Å². The predicted octanol–water partition coefficient (Wildman–Crippen LogP) is 3.15. The van der Waals surface area contributed by atoms with Crippen LogP contribution < -0.4 is 0 Å². The maximum atomic E-state index is 11.9. The van der Waals surface area contributed by atoms with Crippen LogP contribution in [0.25, 0.3) is 0 Å². The molecule has 0 heterocycles. The summed E-state index contributed by atoms with van der Waals surface area (Å²) in [7, 11) is 1.41. The van der Waals surface area contributed by atoms with Gasteiger partial charge in [-0.1, -0.05) is 40.0 Å². The third-order valence-electron chi connectivity index (χ3n) is 4.49. The Morgan fingerprint density at radius 1 is 1.39 bits per heavy atom. The molecule has 0 saturated heterocycles. The molecule has 0 aliphatic heterocycles. The topological polar surface area (TPSA) is 46.5 Å². The van der Waals surface area contributed by atoms with E-state index in [-0.39, 0.29) is 11.9 Å². The summed E-state index contributed by atoms with van der Waals surface area (Å²) in [5.74, 6) is 0.158. The van der Waals surface area contributed by atoms with Crippen molar-refractivity contribution in [1.29, 1.82) is 0 Å². The Morgan fingerprint density at radius 3 is 2.56 bits per heavy atom. The van der Waals surface area contributed by atoms with Gasteiger partial charge in [0.15, 0.2) is 0 Å². The van der Waals surface area contributed by atoms with Gasteiger partial charge in [-0.15, -0.1) is 0 Å². The molecule has 0 bridgehead atoms. The third kappa shape index (κ3) is 3.47. The largest absolute Gasteiger partial charge is 0.469 e. The van der Waals surface area contributed by atoms with E-state index < -0.39 is 11.5 Å². The van der Waals surface area contributed by atoms with Crippen molar-refractivity contribution in [3.05, 3.63) is 0 Å². The minimum absolute atomic E-state index is 0.112. The Balaban J connectivity index is 2.84. The second-order valence-corrected chi connectivity index (χ2v) is 6.05. The molecular formula is C15H28O3. The van der Waals surface area contributed by atoms with Crippen LogP contribution >= 0.6 is 0 Å². The molecule has 1 aliphatic rings. The highest BCUT2D eigenvalue weighted by molar-refractivity contribution is 5.74. The molecule has 0 spiro atoms. The van der Waals surface area contributed by atoms with Gasteiger partial charge in [0.1, 0.15) is 0 Å². The summed E-state index contributed by atoms with van der Waals surface area (Å²) in [6.45, 7) is 6.18. The van der Waals surface area contributed by atoms with E-state index in [1.54, 1.807) is 0 Å². The number of esters is 1. The van der Waals surface area contributed by atoms with Crippen LogP contribution in [0.2, 0.25) is 0 Å². The first-order valence-electron chi connectivity index (χ1n) is 7.24. The van der Waals surface area contributed by atoms with Gasteiger partial charge < -0.3 is 9.84 Å². The lowest BCUT2D eigenvalue weighted by Gasteiger charge is -2.36. The summed E-state index contributed by atoms with van der Waals surface area (Å²) < 4.78 is 4.89. The number of methoxy groups -OCH3 is 1. The normalized spacial score (nSPS) is 30.9. The Bertz CT molecular complexity index is 275. The first-order valence-corrected chi connectivity index (χ1v) is 7.24. The molecule has 1 fully saturated rings. The second-order valence-electron chi connectivity index (χ2n) is 6.05.